The van der Waals surface area contributed by atoms with E-state index in [1.54, 1.807) is 0 Å². The Labute approximate surface area is 132 Å². The minimum absolute atomic E-state index is 0. The highest BCUT2D eigenvalue weighted by atomic mass is 35.5. The topological polar surface area (TPSA) is 64.4 Å². The summed E-state index contributed by atoms with van der Waals surface area (Å²) in [6, 6.07) is 7.83. The summed E-state index contributed by atoms with van der Waals surface area (Å²) in [5.41, 5.74) is 8.56. The second-order valence-electron chi connectivity index (χ2n) is 5.44. The van der Waals surface area contributed by atoms with Gasteiger partial charge in [-0.15, -0.1) is 12.4 Å². The molecule has 4 nitrogen and oxygen atoms in total. The van der Waals surface area contributed by atoms with Crippen molar-refractivity contribution >= 4 is 18.3 Å². The summed E-state index contributed by atoms with van der Waals surface area (Å²) in [6.45, 7) is 4.16. The number of nitrogens with two attached hydrogens (primary N) is 1. The van der Waals surface area contributed by atoms with Gasteiger partial charge in [0, 0.05) is 19.8 Å². The van der Waals surface area contributed by atoms with Gasteiger partial charge in [-0.2, -0.15) is 0 Å². The maximum absolute atomic E-state index is 12.0. The zero-order chi connectivity index (χ0) is 14.4. The van der Waals surface area contributed by atoms with Crippen molar-refractivity contribution in [1.82, 2.24) is 5.32 Å². The number of nitrogens with one attached hydrogen (secondary N) is 1. The van der Waals surface area contributed by atoms with Crippen LogP contribution in [0.25, 0.3) is 0 Å². The molecule has 2 rings (SSSR count). The minimum Gasteiger partial charge on any atom is -0.381 e. The van der Waals surface area contributed by atoms with Crippen LogP contribution in [0.2, 0.25) is 0 Å². The van der Waals surface area contributed by atoms with Gasteiger partial charge in [0.1, 0.15) is 0 Å². The molecule has 3 N–H and O–H groups in total. The number of hydrogen-bond donors (Lipinski definition) is 2. The molecule has 0 saturated carbocycles. The molecule has 0 aliphatic carbocycles. The second-order valence-corrected chi connectivity index (χ2v) is 5.44. The molecule has 1 aromatic carbocycles. The average molecular weight is 313 g/mol. The second kappa shape index (κ2) is 9.03. The summed E-state index contributed by atoms with van der Waals surface area (Å²) in [7, 11) is 0. The highest BCUT2D eigenvalue weighted by Gasteiger charge is 2.26. The van der Waals surface area contributed by atoms with E-state index in [1.165, 1.54) is 11.1 Å². The van der Waals surface area contributed by atoms with Gasteiger partial charge in [-0.1, -0.05) is 24.3 Å². The lowest BCUT2D eigenvalue weighted by atomic mass is 9.92. The molecule has 1 heterocycles. The van der Waals surface area contributed by atoms with Gasteiger partial charge >= 0.3 is 0 Å². The predicted octanol–water partition coefficient (Wildman–Crippen LogP) is 1.83. The van der Waals surface area contributed by atoms with Crippen molar-refractivity contribution in [1.29, 1.82) is 0 Å². The number of amides is 1. The summed E-state index contributed by atoms with van der Waals surface area (Å²) in [5, 5.41) is 2.95. The van der Waals surface area contributed by atoms with Crippen LogP contribution in [0.1, 0.15) is 24.0 Å². The van der Waals surface area contributed by atoms with Gasteiger partial charge in [-0.25, -0.2) is 0 Å². The smallest absolute Gasteiger partial charge is 0.237 e. The molecule has 0 bridgehead atoms. The molecule has 1 atom stereocenters. The van der Waals surface area contributed by atoms with E-state index in [9.17, 15) is 4.79 Å². The van der Waals surface area contributed by atoms with Gasteiger partial charge in [0.25, 0.3) is 0 Å². The van der Waals surface area contributed by atoms with Gasteiger partial charge < -0.3 is 15.8 Å². The molecule has 1 saturated heterocycles. The van der Waals surface area contributed by atoms with Crippen molar-refractivity contribution in [2.45, 2.75) is 32.2 Å². The van der Waals surface area contributed by atoms with Crippen LogP contribution in [0.4, 0.5) is 0 Å². The Bertz CT molecular complexity index is 448. The third-order valence-electron chi connectivity index (χ3n) is 4.03. The van der Waals surface area contributed by atoms with Crippen molar-refractivity contribution in [2.75, 3.05) is 19.8 Å². The first-order valence-corrected chi connectivity index (χ1v) is 7.34. The lowest BCUT2D eigenvalue weighted by molar-refractivity contribution is -0.124. The van der Waals surface area contributed by atoms with Crippen LogP contribution in [0, 0.1) is 12.8 Å². The van der Waals surface area contributed by atoms with Crippen molar-refractivity contribution in [2.24, 2.45) is 11.7 Å². The molecule has 0 aromatic heterocycles. The first-order valence-electron chi connectivity index (χ1n) is 7.34. The first kappa shape index (κ1) is 18.0. The van der Waals surface area contributed by atoms with Crippen LogP contribution >= 0.6 is 12.4 Å². The molecule has 5 heteroatoms. The summed E-state index contributed by atoms with van der Waals surface area (Å²) in [4.78, 5) is 12.0. The average Bonchev–Trinajstić information content (AvgIpc) is 2.49. The lowest BCUT2D eigenvalue weighted by Crippen LogP contribution is -2.47. The molecule has 1 fully saturated rings. The van der Waals surface area contributed by atoms with Gasteiger partial charge in [0.2, 0.25) is 5.91 Å². The highest BCUT2D eigenvalue weighted by Crippen LogP contribution is 2.17. The number of rotatable bonds is 5. The fraction of sp³-hybridized carbons (Fsp3) is 0.562. The van der Waals surface area contributed by atoms with E-state index in [4.69, 9.17) is 10.5 Å². The Morgan fingerprint density at radius 1 is 1.38 bits per heavy atom. The third kappa shape index (κ3) is 5.30. The van der Waals surface area contributed by atoms with E-state index in [0.29, 0.717) is 6.54 Å². The van der Waals surface area contributed by atoms with Crippen LogP contribution in [0.3, 0.4) is 0 Å². The third-order valence-corrected chi connectivity index (χ3v) is 4.03. The van der Waals surface area contributed by atoms with Crippen LogP contribution in [0.15, 0.2) is 24.3 Å². The highest BCUT2D eigenvalue weighted by molar-refractivity contribution is 5.85. The molecular formula is C16H25ClN2O2. The first-order chi connectivity index (χ1) is 9.68. The molecule has 0 radical (unpaired) electrons. The van der Waals surface area contributed by atoms with E-state index in [2.05, 4.69) is 24.4 Å². The van der Waals surface area contributed by atoms with Crippen molar-refractivity contribution in [3.63, 3.8) is 0 Å². The Morgan fingerprint density at radius 2 is 2.05 bits per heavy atom. The Hall–Kier alpha value is -1.10. The van der Waals surface area contributed by atoms with Gasteiger partial charge in [0.05, 0.1) is 6.04 Å². The predicted molar refractivity (Wildman–Crippen MR) is 86.7 cm³/mol. The van der Waals surface area contributed by atoms with E-state index in [1.807, 2.05) is 12.1 Å². The normalized spacial score (nSPS) is 16.9. The molecule has 1 aromatic rings. The summed E-state index contributed by atoms with van der Waals surface area (Å²) >= 11 is 0. The lowest BCUT2D eigenvalue weighted by Gasteiger charge is -2.26. The molecule has 1 amide bonds. The number of halogens is 1. The van der Waals surface area contributed by atoms with Gasteiger partial charge in [-0.05, 0) is 43.2 Å². The monoisotopic (exact) mass is 312 g/mol. The molecule has 21 heavy (non-hydrogen) atoms. The standard InChI is InChI=1S/C16H24N2O2.ClH/c1-12-4-2-3-5-13(12)6-9-18-16(19)15(17)14-7-10-20-11-8-14;/h2-5,14-15H,6-11,17H2,1H3,(H,18,19);1H. The number of ether oxygens (including phenoxy) is 1. The van der Waals surface area contributed by atoms with Crippen LogP contribution in [-0.4, -0.2) is 31.7 Å². The van der Waals surface area contributed by atoms with Crippen molar-refractivity contribution in [3.8, 4) is 0 Å². The number of benzene rings is 1. The zero-order valence-corrected chi connectivity index (χ0v) is 13.3. The van der Waals surface area contributed by atoms with Gasteiger partial charge in [-0.3, -0.25) is 4.79 Å². The number of carbonyl (C=O) groups is 1. The molecule has 1 aliphatic heterocycles. The Morgan fingerprint density at radius 3 is 2.71 bits per heavy atom. The molecule has 118 valence electrons. The fourth-order valence-corrected chi connectivity index (χ4v) is 2.62. The summed E-state index contributed by atoms with van der Waals surface area (Å²) < 4.78 is 5.29. The SMILES string of the molecule is Cc1ccccc1CCNC(=O)C(N)C1CCOCC1.Cl. The van der Waals surface area contributed by atoms with Crippen molar-refractivity contribution in [3.05, 3.63) is 35.4 Å². The Balaban J connectivity index is 0.00000220. The molecule has 1 aliphatic rings. The maximum Gasteiger partial charge on any atom is 0.237 e. The molecule has 1 unspecified atom stereocenters. The summed E-state index contributed by atoms with van der Waals surface area (Å²) in [5.74, 6) is 0.215. The van der Waals surface area contributed by atoms with Crippen LogP contribution in [-0.2, 0) is 16.0 Å². The Kier molecular flexibility index (Phi) is 7.72. The minimum atomic E-state index is -0.407. The quantitative estimate of drug-likeness (QED) is 0.872. The fourth-order valence-electron chi connectivity index (χ4n) is 2.62. The van der Waals surface area contributed by atoms with E-state index >= 15 is 0 Å². The van der Waals surface area contributed by atoms with Crippen LogP contribution in [0.5, 0.6) is 0 Å². The summed E-state index contributed by atoms with van der Waals surface area (Å²) in [6.07, 6.45) is 2.61. The van der Waals surface area contributed by atoms with Crippen LogP contribution < -0.4 is 11.1 Å². The molecular weight excluding hydrogens is 288 g/mol. The maximum atomic E-state index is 12.0. The van der Waals surface area contributed by atoms with Crippen molar-refractivity contribution < 1.29 is 9.53 Å². The molecule has 0 spiro atoms. The van der Waals surface area contributed by atoms with E-state index in [0.717, 1.165) is 32.5 Å². The largest absolute Gasteiger partial charge is 0.381 e. The van der Waals surface area contributed by atoms with E-state index < -0.39 is 6.04 Å². The number of hydrogen-bond acceptors (Lipinski definition) is 3. The zero-order valence-electron chi connectivity index (χ0n) is 12.5. The number of carbonyl (C=O) groups excluding carboxylic acids is 1. The van der Waals surface area contributed by atoms with E-state index in [-0.39, 0.29) is 24.2 Å². The number of aryl methyl sites for hydroxylation is 1. The van der Waals surface area contributed by atoms with Gasteiger partial charge in [0.15, 0.2) is 0 Å².